The van der Waals surface area contributed by atoms with Gasteiger partial charge in [0.1, 0.15) is 12.6 Å². The number of carbonyl (C=O) groups is 3. The van der Waals surface area contributed by atoms with Crippen LogP contribution in [0.2, 0.25) is 0 Å². The molecule has 0 aromatic heterocycles. The molecule has 1 aromatic rings. The Morgan fingerprint density at radius 1 is 0.970 bits per heavy atom. The molecular formula is C23H38N4O6. The number of ether oxygens (including phenoxy) is 3. The van der Waals surface area contributed by atoms with Gasteiger partial charge in [-0.05, 0) is 30.7 Å². The first-order valence-electron chi connectivity index (χ1n) is 11.0. The second kappa shape index (κ2) is 13.6. The number of anilines is 1. The van der Waals surface area contributed by atoms with E-state index >= 15 is 0 Å². The highest BCUT2D eigenvalue weighted by Crippen LogP contribution is 2.18. The standard InChI is InChI=1S/C23H38N4O6/c1-15(2)19(24)20(28)32-21(16(3)4)33-23(30)27(7)18-10-8-17(9-11-18)14-31-22(29)26(6)13-12-25-5/h8-11,15-16,19,21,25H,12-14,24H2,1-7H3/t19-,21?/m0/s1. The monoisotopic (exact) mass is 466 g/mol. The Morgan fingerprint density at radius 3 is 2.09 bits per heavy atom. The fraction of sp³-hybridized carbons (Fsp3) is 0.609. The van der Waals surface area contributed by atoms with E-state index in [1.54, 1.807) is 52.2 Å². The fourth-order valence-electron chi connectivity index (χ4n) is 2.49. The SMILES string of the molecule is CNCCN(C)C(=O)OCc1ccc(N(C)C(=O)OC(OC(=O)[C@@H](N)C(C)C)C(C)C)cc1. The minimum atomic E-state index is -1.06. The lowest BCUT2D eigenvalue weighted by atomic mass is 10.1. The van der Waals surface area contributed by atoms with Crippen LogP contribution in [0.4, 0.5) is 15.3 Å². The molecule has 2 amide bonds. The molecule has 0 radical (unpaired) electrons. The van der Waals surface area contributed by atoms with Crippen molar-refractivity contribution in [2.75, 3.05) is 39.1 Å². The van der Waals surface area contributed by atoms with Crippen molar-refractivity contribution in [2.24, 2.45) is 17.6 Å². The molecule has 0 saturated heterocycles. The third-order valence-electron chi connectivity index (χ3n) is 4.95. The second-order valence-electron chi connectivity index (χ2n) is 8.51. The van der Waals surface area contributed by atoms with Crippen LogP contribution in [-0.4, -0.2) is 69.6 Å². The van der Waals surface area contributed by atoms with Crippen LogP contribution in [0, 0.1) is 11.8 Å². The summed E-state index contributed by atoms with van der Waals surface area (Å²) in [5.41, 5.74) is 7.16. The quantitative estimate of drug-likeness (QED) is 0.377. The molecule has 3 N–H and O–H groups in total. The number of nitrogens with zero attached hydrogens (tertiary/aromatic N) is 2. The van der Waals surface area contributed by atoms with E-state index in [2.05, 4.69) is 5.32 Å². The number of likely N-dealkylation sites (N-methyl/N-ethyl adjacent to an activating group) is 2. The van der Waals surface area contributed by atoms with E-state index in [0.717, 1.165) is 5.56 Å². The third-order valence-corrected chi connectivity index (χ3v) is 4.95. The van der Waals surface area contributed by atoms with Gasteiger partial charge in [0.05, 0.1) is 0 Å². The van der Waals surface area contributed by atoms with Gasteiger partial charge < -0.3 is 30.2 Å². The van der Waals surface area contributed by atoms with Crippen LogP contribution in [0.5, 0.6) is 0 Å². The summed E-state index contributed by atoms with van der Waals surface area (Å²) >= 11 is 0. The molecular weight excluding hydrogens is 428 g/mol. The Balaban J connectivity index is 2.67. The number of amides is 2. The summed E-state index contributed by atoms with van der Waals surface area (Å²) < 4.78 is 16.0. The molecule has 0 aliphatic heterocycles. The topological polar surface area (TPSA) is 123 Å². The summed E-state index contributed by atoms with van der Waals surface area (Å²) in [5, 5.41) is 2.97. The molecule has 186 valence electrons. The Hall–Kier alpha value is -2.85. The fourth-order valence-corrected chi connectivity index (χ4v) is 2.49. The van der Waals surface area contributed by atoms with Gasteiger partial charge in [0.15, 0.2) is 0 Å². The zero-order valence-corrected chi connectivity index (χ0v) is 20.7. The molecule has 0 bridgehead atoms. The smallest absolute Gasteiger partial charge is 0.417 e. The van der Waals surface area contributed by atoms with Gasteiger partial charge in [-0.3, -0.25) is 9.69 Å². The molecule has 0 saturated carbocycles. The first kappa shape index (κ1) is 28.2. The predicted molar refractivity (Wildman–Crippen MR) is 126 cm³/mol. The molecule has 33 heavy (non-hydrogen) atoms. The van der Waals surface area contributed by atoms with Crippen LogP contribution in [0.1, 0.15) is 33.3 Å². The van der Waals surface area contributed by atoms with E-state index in [1.165, 1.54) is 9.80 Å². The largest absolute Gasteiger partial charge is 0.445 e. The normalized spacial score (nSPS) is 12.8. The van der Waals surface area contributed by atoms with Crippen molar-refractivity contribution in [2.45, 2.75) is 46.6 Å². The first-order valence-corrected chi connectivity index (χ1v) is 11.0. The molecule has 10 nitrogen and oxygen atoms in total. The van der Waals surface area contributed by atoms with Gasteiger partial charge in [-0.2, -0.15) is 0 Å². The summed E-state index contributed by atoms with van der Waals surface area (Å²) in [7, 11) is 5.03. The maximum absolute atomic E-state index is 12.6. The molecule has 0 fully saturated rings. The number of hydrogen-bond acceptors (Lipinski definition) is 8. The summed E-state index contributed by atoms with van der Waals surface area (Å²) in [5.74, 6) is -0.973. The maximum Gasteiger partial charge on any atom is 0.417 e. The minimum Gasteiger partial charge on any atom is -0.445 e. The van der Waals surface area contributed by atoms with Gasteiger partial charge in [-0.1, -0.05) is 39.8 Å². The molecule has 1 rings (SSSR count). The van der Waals surface area contributed by atoms with E-state index in [4.69, 9.17) is 19.9 Å². The van der Waals surface area contributed by atoms with E-state index in [1.807, 2.05) is 20.9 Å². The lowest BCUT2D eigenvalue weighted by Crippen LogP contribution is -2.42. The van der Waals surface area contributed by atoms with Gasteiger partial charge in [0, 0.05) is 38.8 Å². The summed E-state index contributed by atoms with van der Waals surface area (Å²) in [6.07, 6.45) is -2.15. The van der Waals surface area contributed by atoms with Crippen molar-refractivity contribution in [3.8, 4) is 0 Å². The van der Waals surface area contributed by atoms with Crippen LogP contribution in [0.3, 0.4) is 0 Å². The number of esters is 1. The molecule has 0 aliphatic carbocycles. The predicted octanol–water partition coefficient (Wildman–Crippen LogP) is 2.56. The van der Waals surface area contributed by atoms with Gasteiger partial charge in [0.2, 0.25) is 0 Å². The van der Waals surface area contributed by atoms with Gasteiger partial charge in [0.25, 0.3) is 6.29 Å². The Kier molecular flexibility index (Phi) is 11.7. The maximum atomic E-state index is 12.6. The molecule has 2 atom stereocenters. The van der Waals surface area contributed by atoms with Crippen molar-refractivity contribution in [1.82, 2.24) is 10.2 Å². The average molecular weight is 467 g/mol. The molecule has 0 aliphatic rings. The highest BCUT2D eigenvalue weighted by Gasteiger charge is 2.28. The number of benzene rings is 1. The Labute approximate surface area is 196 Å². The summed E-state index contributed by atoms with van der Waals surface area (Å²) in [6, 6.07) is 6.12. The number of rotatable bonds is 11. The minimum absolute atomic E-state index is 0.102. The first-order chi connectivity index (χ1) is 15.5. The number of hydrogen-bond donors (Lipinski definition) is 2. The number of nitrogens with two attached hydrogens (primary N) is 1. The van der Waals surface area contributed by atoms with Gasteiger partial charge >= 0.3 is 18.2 Å². The van der Waals surface area contributed by atoms with Crippen molar-refractivity contribution < 1.29 is 28.6 Å². The third kappa shape index (κ3) is 9.27. The van der Waals surface area contributed by atoms with Crippen molar-refractivity contribution in [3.05, 3.63) is 29.8 Å². The van der Waals surface area contributed by atoms with Crippen LogP contribution >= 0.6 is 0 Å². The van der Waals surface area contributed by atoms with Gasteiger partial charge in [-0.15, -0.1) is 0 Å². The van der Waals surface area contributed by atoms with Crippen molar-refractivity contribution >= 4 is 23.8 Å². The van der Waals surface area contributed by atoms with E-state index < -0.39 is 30.5 Å². The summed E-state index contributed by atoms with van der Waals surface area (Å²) in [6.45, 7) is 8.49. The Morgan fingerprint density at radius 2 is 1.58 bits per heavy atom. The second-order valence-corrected chi connectivity index (χ2v) is 8.51. The van der Waals surface area contributed by atoms with E-state index in [-0.39, 0.29) is 18.4 Å². The van der Waals surface area contributed by atoms with E-state index in [0.29, 0.717) is 18.8 Å². The molecule has 0 spiro atoms. The van der Waals surface area contributed by atoms with Crippen LogP contribution < -0.4 is 16.0 Å². The zero-order valence-electron chi connectivity index (χ0n) is 20.7. The van der Waals surface area contributed by atoms with Crippen LogP contribution in [0.15, 0.2) is 24.3 Å². The lowest BCUT2D eigenvalue weighted by Gasteiger charge is -2.26. The highest BCUT2D eigenvalue weighted by molar-refractivity contribution is 5.87. The van der Waals surface area contributed by atoms with Gasteiger partial charge in [-0.25, -0.2) is 9.59 Å². The summed E-state index contributed by atoms with van der Waals surface area (Å²) in [4.78, 5) is 39.5. The highest BCUT2D eigenvalue weighted by atomic mass is 16.7. The van der Waals surface area contributed by atoms with Crippen molar-refractivity contribution in [3.63, 3.8) is 0 Å². The number of carbonyl (C=O) groups excluding carboxylic acids is 3. The molecule has 10 heteroatoms. The molecule has 0 heterocycles. The van der Waals surface area contributed by atoms with Crippen LogP contribution in [-0.2, 0) is 25.6 Å². The lowest BCUT2D eigenvalue weighted by molar-refractivity contribution is -0.177. The van der Waals surface area contributed by atoms with E-state index in [9.17, 15) is 14.4 Å². The molecule has 1 unspecified atom stereocenters. The zero-order chi connectivity index (χ0) is 25.1. The van der Waals surface area contributed by atoms with Crippen molar-refractivity contribution in [1.29, 1.82) is 0 Å². The molecule has 1 aromatic carbocycles. The number of nitrogens with one attached hydrogen (secondary N) is 1. The average Bonchev–Trinajstić information content (AvgIpc) is 2.79. The van der Waals surface area contributed by atoms with Crippen LogP contribution in [0.25, 0.3) is 0 Å². The Bertz CT molecular complexity index is 769.